The van der Waals surface area contributed by atoms with Crippen molar-refractivity contribution in [1.82, 2.24) is 10.6 Å². The molecule has 1 aromatic carbocycles. The van der Waals surface area contributed by atoms with Gasteiger partial charge in [0.1, 0.15) is 0 Å². The van der Waals surface area contributed by atoms with Gasteiger partial charge >= 0.3 is 0 Å². The lowest BCUT2D eigenvalue weighted by atomic mass is 9.96. The number of carbonyl (C=O) groups excluding carboxylic acids is 2. The standard InChI is InChI=1S/C15H23N3O2.ClH/c1-4-8-15(2,16)14(20)18-10-11-6-5-7-12(9-11)13(19)17-3;/h5-7,9H,4,8,10,16H2,1-3H3,(H,17,19)(H,18,20);1H. The van der Waals surface area contributed by atoms with E-state index in [2.05, 4.69) is 10.6 Å². The molecule has 1 rings (SSSR count). The number of carbonyl (C=O) groups is 2. The van der Waals surface area contributed by atoms with Crippen LogP contribution in [0.3, 0.4) is 0 Å². The van der Waals surface area contributed by atoms with Crippen molar-refractivity contribution in [2.75, 3.05) is 7.05 Å². The van der Waals surface area contributed by atoms with Gasteiger partial charge in [-0.2, -0.15) is 0 Å². The molecule has 1 unspecified atom stereocenters. The maximum Gasteiger partial charge on any atom is 0.251 e. The summed E-state index contributed by atoms with van der Waals surface area (Å²) in [4.78, 5) is 23.5. The van der Waals surface area contributed by atoms with Crippen LogP contribution in [0.25, 0.3) is 0 Å². The molecule has 1 atom stereocenters. The predicted octanol–water partition coefficient (Wildman–Crippen LogP) is 1.60. The summed E-state index contributed by atoms with van der Waals surface area (Å²) in [5.41, 5.74) is 6.54. The first-order valence-corrected chi connectivity index (χ1v) is 6.79. The summed E-state index contributed by atoms with van der Waals surface area (Å²) in [6.45, 7) is 4.08. The highest BCUT2D eigenvalue weighted by Crippen LogP contribution is 2.10. The average Bonchev–Trinajstić information content (AvgIpc) is 2.44. The molecule has 0 fully saturated rings. The van der Waals surface area contributed by atoms with Crippen molar-refractivity contribution >= 4 is 24.2 Å². The van der Waals surface area contributed by atoms with Gasteiger partial charge < -0.3 is 16.4 Å². The van der Waals surface area contributed by atoms with Crippen molar-refractivity contribution in [2.45, 2.75) is 38.8 Å². The second-order valence-corrected chi connectivity index (χ2v) is 5.13. The summed E-state index contributed by atoms with van der Waals surface area (Å²) in [5.74, 6) is -0.322. The summed E-state index contributed by atoms with van der Waals surface area (Å²) in [6.07, 6.45) is 1.49. The van der Waals surface area contributed by atoms with Gasteiger partial charge in [-0.05, 0) is 31.0 Å². The van der Waals surface area contributed by atoms with Crippen molar-refractivity contribution in [3.05, 3.63) is 35.4 Å². The van der Waals surface area contributed by atoms with Gasteiger partial charge in [-0.1, -0.05) is 25.5 Å². The largest absolute Gasteiger partial charge is 0.355 e. The first-order chi connectivity index (χ1) is 9.40. The highest BCUT2D eigenvalue weighted by atomic mass is 35.5. The van der Waals surface area contributed by atoms with Gasteiger partial charge in [0.15, 0.2) is 0 Å². The van der Waals surface area contributed by atoms with Gasteiger partial charge in [0, 0.05) is 19.2 Å². The fourth-order valence-corrected chi connectivity index (χ4v) is 1.98. The lowest BCUT2D eigenvalue weighted by Crippen LogP contribution is -2.51. The molecular formula is C15H24ClN3O2. The first-order valence-electron chi connectivity index (χ1n) is 6.79. The van der Waals surface area contributed by atoms with E-state index in [-0.39, 0.29) is 24.2 Å². The Balaban J connectivity index is 0.00000400. The predicted molar refractivity (Wildman–Crippen MR) is 86.4 cm³/mol. The van der Waals surface area contributed by atoms with Crippen LogP contribution in [0.15, 0.2) is 24.3 Å². The molecule has 5 nitrogen and oxygen atoms in total. The van der Waals surface area contributed by atoms with E-state index in [1.165, 1.54) is 0 Å². The third kappa shape index (κ3) is 5.73. The van der Waals surface area contributed by atoms with Crippen molar-refractivity contribution in [3.8, 4) is 0 Å². The minimum absolute atomic E-state index is 0. The molecule has 118 valence electrons. The third-order valence-corrected chi connectivity index (χ3v) is 3.16. The Bertz CT molecular complexity index is 490. The topological polar surface area (TPSA) is 84.2 Å². The number of hydrogen-bond donors (Lipinski definition) is 3. The van der Waals surface area contributed by atoms with Gasteiger partial charge in [0.05, 0.1) is 5.54 Å². The Hall–Kier alpha value is -1.59. The summed E-state index contributed by atoms with van der Waals surface area (Å²) < 4.78 is 0. The van der Waals surface area contributed by atoms with Gasteiger partial charge in [-0.15, -0.1) is 12.4 Å². The summed E-state index contributed by atoms with van der Waals surface area (Å²) in [7, 11) is 1.58. The molecule has 0 bridgehead atoms. The molecule has 0 aliphatic heterocycles. The summed E-state index contributed by atoms with van der Waals surface area (Å²) in [5, 5.41) is 5.38. The van der Waals surface area contributed by atoms with E-state index in [1.54, 1.807) is 32.2 Å². The van der Waals surface area contributed by atoms with Crippen LogP contribution in [0.5, 0.6) is 0 Å². The molecule has 21 heavy (non-hydrogen) atoms. The lowest BCUT2D eigenvalue weighted by molar-refractivity contribution is -0.126. The van der Waals surface area contributed by atoms with E-state index in [0.717, 1.165) is 12.0 Å². The molecule has 4 N–H and O–H groups in total. The minimum atomic E-state index is -0.854. The molecule has 0 radical (unpaired) electrons. The number of nitrogens with one attached hydrogen (secondary N) is 2. The van der Waals surface area contributed by atoms with Gasteiger partial charge in [0.25, 0.3) is 5.91 Å². The number of rotatable bonds is 6. The number of amides is 2. The molecule has 0 saturated carbocycles. The fraction of sp³-hybridized carbons (Fsp3) is 0.467. The number of hydrogen-bond acceptors (Lipinski definition) is 3. The maximum atomic E-state index is 12.0. The molecule has 1 aromatic rings. The lowest BCUT2D eigenvalue weighted by Gasteiger charge is -2.22. The average molecular weight is 314 g/mol. The Morgan fingerprint density at radius 2 is 2.00 bits per heavy atom. The molecule has 2 amide bonds. The first kappa shape index (κ1) is 19.4. The highest BCUT2D eigenvalue weighted by Gasteiger charge is 2.26. The molecule has 0 aromatic heterocycles. The van der Waals surface area contributed by atoms with Crippen LogP contribution >= 0.6 is 12.4 Å². The Kier molecular flexibility index (Phi) is 7.99. The van der Waals surface area contributed by atoms with E-state index < -0.39 is 5.54 Å². The Morgan fingerprint density at radius 3 is 2.57 bits per heavy atom. The molecule has 0 aliphatic rings. The molecule has 0 aliphatic carbocycles. The van der Waals surface area contributed by atoms with Crippen LogP contribution < -0.4 is 16.4 Å². The molecule has 0 saturated heterocycles. The second-order valence-electron chi connectivity index (χ2n) is 5.13. The van der Waals surface area contributed by atoms with E-state index in [0.29, 0.717) is 18.5 Å². The SMILES string of the molecule is CCCC(C)(N)C(=O)NCc1cccc(C(=O)NC)c1.Cl. The van der Waals surface area contributed by atoms with Crippen molar-refractivity contribution in [1.29, 1.82) is 0 Å². The zero-order chi connectivity index (χ0) is 15.2. The number of benzene rings is 1. The van der Waals surface area contributed by atoms with Crippen molar-refractivity contribution in [3.63, 3.8) is 0 Å². The third-order valence-electron chi connectivity index (χ3n) is 3.16. The molecule has 0 heterocycles. The second kappa shape index (κ2) is 8.64. The van der Waals surface area contributed by atoms with Crippen LogP contribution in [0.2, 0.25) is 0 Å². The molecule has 6 heteroatoms. The van der Waals surface area contributed by atoms with Crippen LogP contribution in [0.4, 0.5) is 0 Å². The van der Waals surface area contributed by atoms with E-state index in [1.807, 2.05) is 13.0 Å². The van der Waals surface area contributed by atoms with Crippen molar-refractivity contribution < 1.29 is 9.59 Å². The maximum absolute atomic E-state index is 12.0. The zero-order valence-corrected chi connectivity index (χ0v) is 13.5. The summed E-state index contributed by atoms with van der Waals surface area (Å²) in [6, 6.07) is 7.14. The van der Waals surface area contributed by atoms with Crippen LogP contribution in [0, 0.1) is 0 Å². The van der Waals surface area contributed by atoms with Crippen LogP contribution in [-0.2, 0) is 11.3 Å². The van der Waals surface area contributed by atoms with Gasteiger partial charge in [-0.3, -0.25) is 9.59 Å². The smallest absolute Gasteiger partial charge is 0.251 e. The summed E-state index contributed by atoms with van der Waals surface area (Å²) >= 11 is 0. The Morgan fingerprint density at radius 1 is 1.33 bits per heavy atom. The zero-order valence-electron chi connectivity index (χ0n) is 12.7. The highest BCUT2D eigenvalue weighted by molar-refractivity contribution is 5.94. The van der Waals surface area contributed by atoms with E-state index >= 15 is 0 Å². The molecular weight excluding hydrogens is 290 g/mol. The van der Waals surface area contributed by atoms with E-state index in [9.17, 15) is 9.59 Å². The normalized spacial score (nSPS) is 12.8. The number of halogens is 1. The monoisotopic (exact) mass is 313 g/mol. The fourth-order valence-electron chi connectivity index (χ4n) is 1.98. The molecule has 0 spiro atoms. The van der Waals surface area contributed by atoms with Crippen molar-refractivity contribution in [2.24, 2.45) is 5.73 Å². The van der Waals surface area contributed by atoms with Gasteiger partial charge in [-0.25, -0.2) is 0 Å². The minimum Gasteiger partial charge on any atom is -0.355 e. The number of nitrogens with two attached hydrogens (primary N) is 1. The quantitative estimate of drug-likeness (QED) is 0.746. The Labute approximate surface area is 132 Å². The van der Waals surface area contributed by atoms with Gasteiger partial charge in [0.2, 0.25) is 5.91 Å². The van der Waals surface area contributed by atoms with E-state index in [4.69, 9.17) is 5.73 Å². The van der Waals surface area contributed by atoms with Crippen LogP contribution in [0.1, 0.15) is 42.6 Å². The van der Waals surface area contributed by atoms with Crippen LogP contribution in [-0.4, -0.2) is 24.4 Å².